The monoisotopic (exact) mass is 360 g/mol. The molecular weight excluding hydrogens is 343 g/mol. The quantitative estimate of drug-likeness (QED) is 0.807. The molecule has 1 unspecified atom stereocenters. The number of aromatic hydroxyl groups is 1. The van der Waals surface area contributed by atoms with Crippen LogP contribution in [-0.2, 0) is 0 Å². The van der Waals surface area contributed by atoms with Gasteiger partial charge in [-0.05, 0) is 66.7 Å². The Kier molecular flexibility index (Phi) is 4.45. The van der Waals surface area contributed by atoms with E-state index in [0.717, 1.165) is 29.6 Å². The molecule has 0 saturated carbocycles. The van der Waals surface area contributed by atoms with Gasteiger partial charge in [-0.2, -0.15) is 0 Å². The number of rotatable bonds is 3. The molecule has 5 heteroatoms. The number of benzene rings is 1. The van der Waals surface area contributed by atoms with Gasteiger partial charge in [0.05, 0.1) is 5.56 Å². The second-order valence-electron chi connectivity index (χ2n) is 4.63. The van der Waals surface area contributed by atoms with Crippen LogP contribution in [0.15, 0.2) is 18.2 Å². The largest absolute Gasteiger partial charge is 0.507 e. The van der Waals surface area contributed by atoms with Crippen LogP contribution in [0.5, 0.6) is 5.75 Å². The highest BCUT2D eigenvalue weighted by Crippen LogP contribution is 2.24. The van der Waals surface area contributed by atoms with E-state index in [0.29, 0.717) is 11.5 Å². The lowest BCUT2D eigenvalue weighted by Crippen LogP contribution is -2.30. The normalized spacial score (nSPS) is 19.2. The maximum Gasteiger partial charge on any atom is 0.257 e. The summed E-state index contributed by atoms with van der Waals surface area (Å²) in [4.78, 5) is 14.1. The molecule has 0 aliphatic carbocycles. The van der Waals surface area contributed by atoms with E-state index in [4.69, 9.17) is 0 Å². The molecule has 1 fully saturated rings. The van der Waals surface area contributed by atoms with Gasteiger partial charge in [-0.1, -0.05) is 0 Å². The number of carbonyl (C=O) groups excluding carboxylic acids is 1. The van der Waals surface area contributed by atoms with Crippen molar-refractivity contribution >= 4 is 28.5 Å². The summed E-state index contributed by atoms with van der Waals surface area (Å²) in [5, 5.41) is 12.9. The molecule has 1 amide bonds. The van der Waals surface area contributed by atoms with E-state index in [1.54, 1.807) is 18.2 Å². The Morgan fingerprint density at radius 1 is 1.61 bits per heavy atom. The summed E-state index contributed by atoms with van der Waals surface area (Å²) in [6, 6.07) is 5.11. The number of halogens is 1. The third-order valence-electron chi connectivity index (χ3n) is 3.25. The van der Waals surface area contributed by atoms with Gasteiger partial charge in [0.15, 0.2) is 0 Å². The predicted molar refractivity (Wildman–Crippen MR) is 78.8 cm³/mol. The number of amides is 1. The van der Waals surface area contributed by atoms with E-state index in [1.165, 1.54) is 0 Å². The summed E-state index contributed by atoms with van der Waals surface area (Å²) in [5.41, 5.74) is 0.409. The minimum Gasteiger partial charge on any atom is -0.507 e. The number of nitrogens with one attached hydrogen (secondary N) is 1. The predicted octanol–water partition coefficient (Wildman–Crippen LogP) is 1.68. The topological polar surface area (TPSA) is 52.6 Å². The molecular formula is C13H17IN2O2. The third kappa shape index (κ3) is 2.95. The van der Waals surface area contributed by atoms with Crippen LogP contribution >= 0.6 is 22.6 Å². The molecule has 1 atom stereocenters. The van der Waals surface area contributed by atoms with E-state index in [-0.39, 0.29) is 11.7 Å². The molecule has 0 aromatic heterocycles. The van der Waals surface area contributed by atoms with E-state index in [9.17, 15) is 9.90 Å². The van der Waals surface area contributed by atoms with Gasteiger partial charge in [-0.3, -0.25) is 4.79 Å². The Morgan fingerprint density at radius 3 is 3.11 bits per heavy atom. The van der Waals surface area contributed by atoms with Gasteiger partial charge in [-0.15, -0.1) is 0 Å². The second kappa shape index (κ2) is 5.88. The lowest BCUT2D eigenvalue weighted by molar-refractivity contribution is 0.0784. The molecule has 1 saturated heterocycles. The van der Waals surface area contributed by atoms with Crippen LogP contribution in [0.3, 0.4) is 0 Å². The van der Waals surface area contributed by atoms with Crippen molar-refractivity contribution in [1.82, 2.24) is 10.2 Å². The molecule has 18 heavy (non-hydrogen) atoms. The molecule has 0 radical (unpaired) electrons. The van der Waals surface area contributed by atoms with Crippen LogP contribution in [-0.4, -0.2) is 42.6 Å². The van der Waals surface area contributed by atoms with Crippen LogP contribution in [0.1, 0.15) is 16.8 Å². The summed E-state index contributed by atoms with van der Waals surface area (Å²) >= 11 is 2.14. The van der Waals surface area contributed by atoms with E-state index in [2.05, 4.69) is 27.9 Å². The zero-order valence-electron chi connectivity index (χ0n) is 10.3. The Hall–Kier alpha value is -0.820. The zero-order chi connectivity index (χ0) is 13.1. The lowest BCUT2D eigenvalue weighted by atomic mass is 10.1. The molecule has 1 aromatic carbocycles. The fourth-order valence-corrected chi connectivity index (χ4v) is 2.81. The van der Waals surface area contributed by atoms with Crippen molar-refractivity contribution < 1.29 is 9.90 Å². The Bertz CT molecular complexity index is 451. The molecule has 2 N–H and O–H groups in total. The van der Waals surface area contributed by atoms with Crippen molar-refractivity contribution in [2.75, 3.05) is 26.7 Å². The molecule has 1 heterocycles. The molecule has 1 aromatic rings. The zero-order valence-corrected chi connectivity index (χ0v) is 12.5. The van der Waals surface area contributed by atoms with Gasteiger partial charge < -0.3 is 15.3 Å². The number of hydrogen-bond donors (Lipinski definition) is 2. The summed E-state index contributed by atoms with van der Waals surface area (Å²) < 4.78 is 0.958. The van der Waals surface area contributed by atoms with Gasteiger partial charge in [0, 0.05) is 16.7 Å². The summed E-state index contributed by atoms with van der Waals surface area (Å²) in [6.07, 6.45) is 1.03. The van der Waals surface area contributed by atoms with Crippen LogP contribution in [0, 0.1) is 9.49 Å². The first-order chi connectivity index (χ1) is 8.61. The van der Waals surface area contributed by atoms with Crippen molar-refractivity contribution in [3.8, 4) is 5.75 Å². The fraction of sp³-hybridized carbons (Fsp3) is 0.462. The SMILES string of the molecule is CNCC1CCN(C(=O)c2cc(I)ccc2O)C1. The van der Waals surface area contributed by atoms with Crippen molar-refractivity contribution in [3.05, 3.63) is 27.3 Å². The maximum absolute atomic E-state index is 12.3. The van der Waals surface area contributed by atoms with Crippen LogP contribution in [0.2, 0.25) is 0 Å². The lowest BCUT2D eigenvalue weighted by Gasteiger charge is -2.17. The first-order valence-electron chi connectivity index (χ1n) is 6.04. The van der Waals surface area contributed by atoms with E-state index in [1.807, 2.05) is 11.9 Å². The maximum atomic E-state index is 12.3. The third-order valence-corrected chi connectivity index (χ3v) is 3.93. The van der Waals surface area contributed by atoms with Gasteiger partial charge in [0.2, 0.25) is 0 Å². The highest BCUT2D eigenvalue weighted by atomic mass is 127. The van der Waals surface area contributed by atoms with Crippen LogP contribution in [0.25, 0.3) is 0 Å². The van der Waals surface area contributed by atoms with Gasteiger partial charge in [0.1, 0.15) is 5.75 Å². The molecule has 2 rings (SSSR count). The van der Waals surface area contributed by atoms with E-state index >= 15 is 0 Å². The first-order valence-corrected chi connectivity index (χ1v) is 7.12. The van der Waals surface area contributed by atoms with Crippen molar-refractivity contribution in [3.63, 3.8) is 0 Å². The number of nitrogens with zero attached hydrogens (tertiary/aromatic N) is 1. The van der Waals surface area contributed by atoms with E-state index < -0.39 is 0 Å². The number of phenols is 1. The van der Waals surface area contributed by atoms with Crippen LogP contribution in [0.4, 0.5) is 0 Å². The number of phenolic OH excluding ortho intramolecular Hbond substituents is 1. The fourth-order valence-electron chi connectivity index (χ4n) is 2.32. The number of carbonyl (C=O) groups is 1. The van der Waals surface area contributed by atoms with Crippen molar-refractivity contribution in [1.29, 1.82) is 0 Å². The number of likely N-dealkylation sites (tertiary alicyclic amines) is 1. The van der Waals surface area contributed by atoms with Crippen molar-refractivity contribution in [2.24, 2.45) is 5.92 Å². The Labute approximate surface area is 121 Å². The second-order valence-corrected chi connectivity index (χ2v) is 5.87. The van der Waals surface area contributed by atoms with Gasteiger partial charge >= 0.3 is 0 Å². The molecule has 1 aliphatic heterocycles. The molecule has 0 spiro atoms. The standard InChI is InChI=1S/C13H17IN2O2/c1-15-7-9-4-5-16(8-9)13(18)11-6-10(14)2-3-12(11)17/h2-3,6,9,15,17H,4-5,7-8H2,1H3. The minimum absolute atomic E-state index is 0.0652. The first kappa shape index (κ1) is 13.6. The highest BCUT2D eigenvalue weighted by molar-refractivity contribution is 14.1. The van der Waals surface area contributed by atoms with Crippen molar-refractivity contribution in [2.45, 2.75) is 6.42 Å². The number of hydrogen-bond acceptors (Lipinski definition) is 3. The van der Waals surface area contributed by atoms with Gasteiger partial charge in [-0.25, -0.2) is 0 Å². The minimum atomic E-state index is -0.0652. The molecule has 0 bridgehead atoms. The molecule has 4 nitrogen and oxygen atoms in total. The highest BCUT2D eigenvalue weighted by Gasteiger charge is 2.27. The summed E-state index contributed by atoms with van der Waals surface area (Å²) in [6.45, 7) is 2.47. The summed E-state index contributed by atoms with van der Waals surface area (Å²) in [7, 11) is 1.93. The molecule has 1 aliphatic rings. The molecule has 98 valence electrons. The van der Waals surface area contributed by atoms with Crippen LogP contribution < -0.4 is 5.32 Å². The Morgan fingerprint density at radius 2 is 2.39 bits per heavy atom. The summed E-state index contributed by atoms with van der Waals surface area (Å²) in [5.74, 6) is 0.519. The smallest absolute Gasteiger partial charge is 0.257 e. The average molecular weight is 360 g/mol. The Balaban J connectivity index is 2.10. The average Bonchev–Trinajstić information content (AvgIpc) is 2.80. The van der Waals surface area contributed by atoms with Gasteiger partial charge in [0.25, 0.3) is 5.91 Å².